The normalized spacial score (nSPS) is 28.9. The largest absolute Gasteiger partial charge is 0.361 e. The van der Waals surface area contributed by atoms with E-state index < -0.39 is 0 Å². The van der Waals surface area contributed by atoms with Gasteiger partial charge < -0.3 is 14.8 Å². The van der Waals surface area contributed by atoms with Gasteiger partial charge in [-0.2, -0.15) is 0 Å². The second-order valence-electron chi connectivity index (χ2n) is 6.52. The first-order valence-corrected chi connectivity index (χ1v) is 7.68. The monoisotopic (exact) mass is 276 g/mol. The molecule has 0 aromatic carbocycles. The summed E-state index contributed by atoms with van der Waals surface area (Å²) in [6.45, 7) is 8.45. The van der Waals surface area contributed by atoms with Crippen molar-refractivity contribution in [3.05, 3.63) is 22.7 Å². The molecule has 0 amide bonds. The summed E-state index contributed by atoms with van der Waals surface area (Å²) in [6.07, 6.45) is 5.99. The molecular formula is C15H24N4O. The van der Waals surface area contributed by atoms with Gasteiger partial charge in [-0.05, 0) is 37.8 Å². The molecule has 4 rings (SSSR count). The van der Waals surface area contributed by atoms with Gasteiger partial charge in [-0.25, -0.2) is 4.98 Å². The van der Waals surface area contributed by atoms with Gasteiger partial charge in [-0.15, -0.1) is 0 Å². The van der Waals surface area contributed by atoms with Crippen LogP contribution in [0.15, 0.2) is 17.2 Å². The standard InChI is InChI=1S/C15H24N4O/c1-11(2)9-19-8-5-16-14(15(19)20)17-13-10-18-6-3-12(13)4-7-18/h5,8,11-13H,3-4,6-7,9-10H2,1-2H3,(H,16,17). The number of aromatic nitrogens is 2. The molecule has 1 atom stereocenters. The highest BCUT2D eigenvalue weighted by Crippen LogP contribution is 2.28. The zero-order valence-corrected chi connectivity index (χ0v) is 12.4. The van der Waals surface area contributed by atoms with E-state index in [9.17, 15) is 4.79 Å². The number of rotatable bonds is 4. The summed E-state index contributed by atoms with van der Waals surface area (Å²) >= 11 is 0. The summed E-state index contributed by atoms with van der Waals surface area (Å²) < 4.78 is 1.77. The molecule has 1 unspecified atom stereocenters. The number of anilines is 1. The fourth-order valence-electron chi connectivity index (χ4n) is 3.39. The van der Waals surface area contributed by atoms with Crippen molar-refractivity contribution in [1.82, 2.24) is 14.5 Å². The first-order valence-electron chi connectivity index (χ1n) is 7.68. The van der Waals surface area contributed by atoms with Crippen LogP contribution in [0.4, 0.5) is 5.82 Å². The molecule has 0 spiro atoms. The van der Waals surface area contributed by atoms with Crippen molar-refractivity contribution >= 4 is 5.82 Å². The summed E-state index contributed by atoms with van der Waals surface area (Å²) in [7, 11) is 0. The molecule has 3 saturated heterocycles. The van der Waals surface area contributed by atoms with E-state index in [1.165, 1.54) is 25.9 Å². The zero-order chi connectivity index (χ0) is 14.1. The summed E-state index contributed by atoms with van der Waals surface area (Å²) in [6, 6.07) is 0.382. The van der Waals surface area contributed by atoms with E-state index in [1.54, 1.807) is 17.0 Å². The first-order chi connectivity index (χ1) is 9.63. The molecular weight excluding hydrogens is 252 g/mol. The molecule has 2 bridgehead atoms. The topological polar surface area (TPSA) is 50.2 Å². The van der Waals surface area contributed by atoms with Crippen molar-refractivity contribution in [2.75, 3.05) is 25.0 Å². The highest BCUT2D eigenvalue weighted by molar-refractivity contribution is 5.33. The minimum atomic E-state index is 0.0117. The third kappa shape index (κ3) is 2.73. The molecule has 3 fully saturated rings. The van der Waals surface area contributed by atoms with Crippen LogP contribution in [0.3, 0.4) is 0 Å². The minimum Gasteiger partial charge on any atom is -0.361 e. The number of hydrogen-bond acceptors (Lipinski definition) is 4. The van der Waals surface area contributed by atoms with Crippen molar-refractivity contribution in [3.8, 4) is 0 Å². The van der Waals surface area contributed by atoms with E-state index >= 15 is 0 Å². The first kappa shape index (κ1) is 13.6. The maximum Gasteiger partial charge on any atom is 0.293 e. The van der Waals surface area contributed by atoms with Gasteiger partial charge in [0.25, 0.3) is 5.56 Å². The lowest BCUT2D eigenvalue weighted by Gasteiger charge is -2.45. The van der Waals surface area contributed by atoms with Crippen LogP contribution in [0, 0.1) is 11.8 Å². The van der Waals surface area contributed by atoms with Crippen LogP contribution < -0.4 is 10.9 Å². The van der Waals surface area contributed by atoms with Gasteiger partial charge in [0, 0.05) is 31.5 Å². The third-order valence-electron chi connectivity index (χ3n) is 4.45. The molecule has 110 valence electrons. The van der Waals surface area contributed by atoms with Gasteiger partial charge in [-0.1, -0.05) is 13.8 Å². The van der Waals surface area contributed by atoms with Gasteiger partial charge in [-0.3, -0.25) is 4.79 Å². The Kier molecular flexibility index (Phi) is 3.78. The number of nitrogens with one attached hydrogen (secondary N) is 1. The summed E-state index contributed by atoms with van der Waals surface area (Å²) in [5, 5.41) is 3.41. The molecule has 3 aliphatic heterocycles. The number of fused-ring (bicyclic) bond motifs is 3. The molecule has 1 N–H and O–H groups in total. The van der Waals surface area contributed by atoms with Crippen LogP contribution in [-0.2, 0) is 6.54 Å². The van der Waals surface area contributed by atoms with Gasteiger partial charge in [0.2, 0.25) is 0 Å². The van der Waals surface area contributed by atoms with E-state index in [-0.39, 0.29) is 5.56 Å². The smallest absolute Gasteiger partial charge is 0.293 e. The number of piperidine rings is 3. The van der Waals surface area contributed by atoms with Crippen LogP contribution in [0.5, 0.6) is 0 Å². The molecule has 1 aromatic heterocycles. The van der Waals surface area contributed by atoms with Crippen LogP contribution in [0.1, 0.15) is 26.7 Å². The van der Waals surface area contributed by atoms with Gasteiger partial charge in [0.1, 0.15) is 0 Å². The van der Waals surface area contributed by atoms with Crippen LogP contribution >= 0.6 is 0 Å². The predicted octanol–water partition coefficient (Wildman–Crippen LogP) is 1.41. The second kappa shape index (κ2) is 5.56. The molecule has 20 heavy (non-hydrogen) atoms. The lowest BCUT2D eigenvalue weighted by molar-refractivity contribution is 0.0973. The highest BCUT2D eigenvalue weighted by Gasteiger charge is 2.34. The Bertz CT molecular complexity index is 517. The molecule has 0 aliphatic carbocycles. The molecule has 5 heteroatoms. The summed E-state index contributed by atoms with van der Waals surface area (Å²) in [4.78, 5) is 19.1. The van der Waals surface area contributed by atoms with Crippen LogP contribution in [0.25, 0.3) is 0 Å². The molecule has 0 radical (unpaired) electrons. The molecule has 4 heterocycles. The fraction of sp³-hybridized carbons (Fsp3) is 0.733. The molecule has 3 aliphatic rings. The Hall–Kier alpha value is -1.36. The summed E-state index contributed by atoms with van der Waals surface area (Å²) in [5.74, 6) is 1.67. The highest BCUT2D eigenvalue weighted by atomic mass is 16.1. The Morgan fingerprint density at radius 3 is 2.75 bits per heavy atom. The Morgan fingerprint density at radius 2 is 2.15 bits per heavy atom. The van der Waals surface area contributed by atoms with Crippen LogP contribution in [-0.4, -0.2) is 40.1 Å². The number of nitrogens with zero attached hydrogens (tertiary/aromatic N) is 3. The SMILES string of the molecule is CC(C)Cn1ccnc(NC2CN3CCC2CC3)c1=O. The Morgan fingerprint density at radius 1 is 1.40 bits per heavy atom. The minimum absolute atomic E-state index is 0.0117. The molecule has 5 nitrogen and oxygen atoms in total. The van der Waals surface area contributed by atoms with Crippen molar-refractivity contribution in [2.24, 2.45) is 11.8 Å². The van der Waals surface area contributed by atoms with Crippen molar-refractivity contribution in [3.63, 3.8) is 0 Å². The lowest BCUT2D eigenvalue weighted by Crippen LogP contribution is -2.54. The molecule has 0 saturated carbocycles. The average Bonchev–Trinajstić information content (AvgIpc) is 2.44. The third-order valence-corrected chi connectivity index (χ3v) is 4.45. The van der Waals surface area contributed by atoms with Crippen molar-refractivity contribution in [1.29, 1.82) is 0 Å². The predicted molar refractivity (Wildman–Crippen MR) is 79.9 cm³/mol. The maximum absolute atomic E-state index is 12.4. The van der Waals surface area contributed by atoms with E-state index in [4.69, 9.17) is 0 Å². The van der Waals surface area contributed by atoms with Gasteiger partial charge >= 0.3 is 0 Å². The van der Waals surface area contributed by atoms with Crippen molar-refractivity contribution in [2.45, 2.75) is 39.3 Å². The van der Waals surface area contributed by atoms with E-state index in [0.717, 1.165) is 13.1 Å². The average molecular weight is 276 g/mol. The van der Waals surface area contributed by atoms with E-state index in [0.29, 0.717) is 23.7 Å². The Balaban J connectivity index is 1.76. The zero-order valence-electron chi connectivity index (χ0n) is 12.4. The quantitative estimate of drug-likeness (QED) is 0.903. The van der Waals surface area contributed by atoms with E-state index in [1.807, 2.05) is 0 Å². The Labute approximate surface area is 120 Å². The van der Waals surface area contributed by atoms with Crippen LogP contribution in [0.2, 0.25) is 0 Å². The van der Waals surface area contributed by atoms with Crippen molar-refractivity contribution < 1.29 is 0 Å². The second-order valence-corrected chi connectivity index (χ2v) is 6.52. The van der Waals surface area contributed by atoms with Gasteiger partial charge in [0.05, 0.1) is 0 Å². The fourth-order valence-corrected chi connectivity index (χ4v) is 3.39. The number of hydrogen-bond donors (Lipinski definition) is 1. The maximum atomic E-state index is 12.4. The van der Waals surface area contributed by atoms with Gasteiger partial charge in [0.15, 0.2) is 5.82 Å². The summed E-state index contributed by atoms with van der Waals surface area (Å²) in [5.41, 5.74) is 0.0117. The molecule has 1 aromatic rings. The van der Waals surface area contributed by atoms with E-state index in [2.05, 4.69) is 29.0 Å². The lowest BCUT2D eigenvalue weighted by atomic mass is 9.84.